The Morgan fingerprint density at radius 3 is 2.31 bits per heavy atom. The lowest BCUT2D eigenvalue weighted by atomic mass is 10.0. The zero-order chi connectivity index (χ0) is 12.5. The smallest absolute Gasteiger partial charge is 0.338 e. The number of aromatic hydroxyl groups is 3. The van der Waals surface area contributed by atoms with Crippen molar-refractivity contribution in [2.75, 3.05) is 7.11 Å². The molecule has 1 atom stereocenters. The SMILES string of the molecule is COC(=O)c1cc(O)c(O)c(O)c1C(C)O. The standard InChI is InChI=1S/C10H12O6/c1-4(11)7-5(10(15)16-2)3-6(12)8(13)9(7)14/h3-4,11-14H,1-2H3. The van der Waals surface area contributed by atoms with Crippen molar-refractivity contribution >= 4 is 5.97 Å². The fraction of sp³-hybridized carbons (Fsp3) is 0.300. The van der Waals surface area contributed by atoms with E-state index in [2.05, 4.69) is 4.74 Å². The molecule has 16 heavy (non-hydrogen) atoms. The molecular weight excluding hydrogens is 216 g/mol. The molecule has 0 radical (unpaired) electrons. The number of esters is 1. The number of carbonyl (C=O) groups excluding carboxylic acids is 1. The van der Waals surface area contributed by atoms with Gasteiger partial charge in [0, 0.05) is 5.56 Å². The van der Waals surface area contributed by atoms with Crippen molar-refractivity contribution in [1.29, 1.82) is 0 Å². The third-order valence-electron chi connectivity index (χ3n) is 2.12. The highest BCUT2D eigenvalue weighted by Gasteiger charge is 2.24. The van der Waals surface area contributed by atoms with Gasteiger partial charge >= 0.3 is 5.97 Å². The minimum atomic E-state index is -1.19. The van der Waals surface area contributed by atoms with Gasteiger partial charge in [0.15, 0.2) is 11.5 Å². The van der Waals surface area contributed by atoms with Crippen LogP contribution >= 0.6 is 0 Å². The van der Waals surface area contributed by atoms with Gasteiger partial charge in [-0.15, -0.1) is 0 Å². The second-order valence-electron chi connectivity index (χ2n) is 3.22. The van der Waals surface area contributed by atoms with Gasteiger partial charge in [0.05, 0.1) is 18.8 Å². The molecule has 1 aromatic carbocycles. The number of methoxy groups -OCH3 is 1. The van der Waals surface area contributed by atoms with E-state index in [1.807, 2.05) is 0 Å². The maximum Gasteiger partial charge on any atom is 0.338 e. The van der Waals surface area contributed by atoms with E-state index in [9.17, 15) is 25.2 Å². The Hall–Kier alpha value is -1.95. The van der Waals surface area contributed by atoms with Crippen molar-refractivity contribution in [2.24, 2.45) is 0 Å². The third kappa shape index (κ3) is 1.87. The van der Waals surface area contributed by atoms with Gasteiger partial charge in [-0.1, -0.05) is 0 Å². The summed E-state index contributed by atoms with van der Waals surface area (Å²) < 4.78 is 4.42. The molecule has 0 aliphatic carbocycles. The van der Waals surface area contributed by atoms with E-state index in [-0.39, 0.29) is 11.1 Å². The summed E-state index contributed by atoms with van der Waals surface area (Å²) in [6.45, 7) is 1.30. The molecule has 1 unspecified atom stereocenters. The second-order valence-corrected chi connectivity index (χ2v) is 3.22. The van der Waals surface area contributed by atoms with Gasteiger partial charge < -0.3 is 25.2 Å². The number of aliphatic hydroxyl groups excluding tert-OH is 1. The summed E-state index contributed by atoms with van der Waals surface area (Å²) in [6, 6.07) is 0.920. The maximum atomic E-state index is 11.3. The van der Waals surface area contributed by atoms with Crippen molar-refractivity contribution < 1.29 is 30.0 Å². The van der Waals surface area contributed by atoms with Crippen molar-refractivity contribution in [1.82, 2.24) is 0 Å². The summed E-state index contributed by atoms with van der Waals surface area (Å²) >= 11 is 0. The zero-order valence-corrected chi connectivity index (χ0v) is 8.76. The van der Waals surface area contributed by atoms with Crippen LogP contribution in [0.5, 0.6) is 17.2 Å². The molecule has 0 heterocycles. The van der Waals surface area contributed by atoms with Crippen molar-refractivity contribution in [2.45, 2.75) is 13.0 Å². The molecule has 0 spiro atoms. The van der Waals surface area contributed by atoms with Crippen molar-refractivity contribution in [3.05, 3.63) is 17.2 Å². The molecule has 0 bridgehead atoms. The molecule has 88 valence electrons. The lowest BCUT2D eigenvalue weighted by Crippen LogP contribution is -2.08. The first-order valence-corrected chi connectivity index (χ1v) is 4.44. The molecule has 0 saturated heterocycles. The molecule has 1 rings (SSSR count). The molecule has 6 nitrogen and oxygen atoms in total. The highest BCUT2D eigenvalue weighted by Crippen LogP contribution is 2.42. The number of phenolic OH excluding ortho intramolecular Hbond substituents is 3. The van der Waals surface area contributed by atoms with Gasteiger partial charge in [0.25, 0.3) is 0 Å². The number of rotatable bonds is 2. The molecule has 0 aliphatic heterocycles. The number of aliphatic hydroxyl groups is 1. The largest absolute Gasteiger partial charge is 0.504 e. The fourth-order valence-corrected chi connectivity index (χ4v) is 1.36. The third-order valence-corrected chi connectivity index (χ3v) is 2.12. The van der Waals surface area contributed by atoms with Crippen molar-refractivity contribution in [3.63, 3.8) is 0 Å². The normalized spacial score (nSPS) is 12.2. The molecule has 0 fully saturated rings. The number of hydrogen-bond donors (Lipinski definition) is 4. The van der Waals surface area contributed by atoms with Crippen LogP contribution in [0.25, 0.3) is 0 Å². The summed E-state index contributed by atoms with van der Waals surface area (Å²) in [4.78, 5) is 11.3. The fourth-order valence-electron chi connectivity index (χ4n) is 1.36. The summed E-state index contributed by atoms with van der Waals surface area (Å²) in [5.74, 6) is -3.03. The predicted molar refractivity (Wildman–Crippen MR) is 53.4 cm³/mol. The minimum Gasteiger partial charge on any atom is -0.504 e. The van der Waals surface area contributed by atoms with E-state index in [4.69, 9.17) is 0 Å². The Balaban J connectivity index is 3.53. The summed E-state index contributed by atoms with van der Waals surface area (Å²) in [5, 5.41) is 37.4. The quantitative estimate of drug-likeness (QED) is 0.437. The van der Waals surface area contributed by atoms with Gasteiger partial charge in [-0.05, 0) is 13.0 Å². The lowest BCUT2D eigenvalue weighted by Gasteiger charge is -2.14. The van der Waals surface area contributed by atoms with Crippen LogP contribution < -0.4 is 0 Å². The number of phenols is 3. The molecular formula is C10H12O6. The molecule has 1 aromatic rings. The predicted octanol–water partition coefficient (Wildman–Crippen LogP) is 0.643. The number of benzene rings is 1. The van der Waals surface area contributed by atoms with Crippen molar-refractivity contribution in [3.8, 4) is 17.2 Å². The van der Waals surface area contributed by atoms with Gasteiger partial charge in [-0.25, -0.2) is 4.79 Å². The Kier molecular flexibility index (Phi) is 3.24. The highest BCUT2D eigenvalue weighted by molar-refractivity contribution is 5.93. The van der Waals surface area contributed by atoms with Gasteiger partial charge in [0.1, 0.15) is 0 Å². The zero-order valence-electron chi connectivity index (χ0n) is 8.76. The van der Waals surface area contributed by atoms with E-state index in [1.54, 1.807) is 0 Å². The first-order valence-electron chi connectivity index (χ1n) is 4.44. The first kappa shape index (κ1) is 12.1. The van der Waals surface area contributed by atoms with E-state index in [0.29, 0.717) is 0 Å². The molecule has 4 N–H and O–H groups in total. The Labute approximate surface area is 91.3 Å². The summed E-state index contributed by atoms with van der Waals surface area (Å²) in [6.07, 6.45) is -1.19. The Morgan fingerprint density at radius 1 is 1.31 bits per heavy atom. The van der Waals surface area contributed by atoms with Gasteiger partial charge in [-0.2, -0.15) is 0 Å². The van der Waals surface area contributed by atoms with Gasteiger partial charge in [-0.3, -0.25) is 0 Å². The molecule has 6 heteroatoms. The summed E-state index contributed by atoms with van der Waals surface area (Å²) in [7, 11) is 1.12. The monoisotopic (exact) mass is 228 g/mol. The minimum absolute atomic E-state index is 0.192. The van der Waals surface area contributed by atoms with Crippen LogP contribution in [0.1, 0.15) is 28.9 Å². The average molecular weight is 228 g/mol. The molecule has 0 saturated carbocycles. The van der Waals surface area contributed by atoms with E-state index in [1.165, 1.54) is 6.92 Å². The average Bonchev–Trinajstić information content (AvgIpc) is 2.23. The maximum absolute atomic E-state index is 11.3. The second kappa shape index (κ2) is 4.28. The van der Waals surface area contributed by atoms with E-state index >= 15 is 0 Å². The highest BCUT2D eigenvalue weighted by atomic mass is 16.5. The van der Waals surface area contributed by atoms with Crippen LogP contribution in [0.2, 0.25) is 0 Å². The van der Waals surface area contributed by atoms with Crippen LogP contribution in [0, 0.1) is 0 Å². The Morgan fingerprint density at radius 2 is 1.88 bits per heavy atom. The lowest BCUT2D eigenvalue weighted by molar-refractivity contribution is 0.0592. The number of carbonyl (C=O) groups is 1. The topological polar surface area (TPSA) is 107 Å². The van der Waals surface area contributed by atoms with Crippen LogP contribution in [0.3, 0.4) is 0 Å². The van der Waals surface area contributed by atoms with Crippen LogP contribution in [-0.2, 0) is 4.74 Å². The van der Waals surface area contributed by atoms with E-state index < -0.39 is 29.3 Å². The van der Waals surface area contributed by atoms with E-state index in [0.717, 1.165) is 13.2 Å². The summed E-state index contributed by atoms with van der Waals surface area (Å²) in [5.41, 5.74) is -0.396. The van der Waals surface area contributed by atoms with Crippen LogP contribution in [-0.4, -0.2) is 33.5 Å². The number of hydrogen-bond acceptors (Lipinski definition) is 6. The molecule has 0 aromatic heterocycles. The Bertz CT molecular complexity index is 424. The molecule has 0 amide bonds. The van der Waals surface area contributed by atoms with Gasteiger partial charge in [0.2, 0.25) is 5.75 Å². The van der Waals surface area contributed by atoms with Crippen LogP contribution in [0.15, 0.2) is 6.07 Å². The van der Waals surface area contributed by atoms with Crippen LogP contribution in [0.4, 0.5) is 0 Å². The first-order chi connectivity index (χ1) is 7.40. The number of ether oxygens (including phenoxy) is 1. The molecule has 0 aliphatic rings.